The van der Waals surface area contributed by atoms with Gasteiger partial charge in [0.15, 0.2) is 0 Å². The summed E-state index contributed by atoms with van der Waals surface area (Å²) in [5, 5.41) is 3.57. The molecule has 0 bridgehead atoms. The third kappa shape index (κ3) is 2.53. The fourth-order valence-corrected chi connectivity index (χ4v) is 7.67. The van der Waals surface area contributed by atoms with E-state index in [9.17, 15) is 0 Å². The van der Waals surface area contributed by atoms with E-state index < -0.39 is 7.66 Å². The first-order valence-corrected chi connectivity index (χ1v) is 9.89. The molecule has 2 aliphatic heterocycles. The molecule has 118 valence electrons. The van der Waals surface area contributed by atoms with E-state index in [-0.39, 0.29) is 24.4 Å². The molecule has 0 radical (unpaired) electrons. The molecule has 1 aliphatic carbocycles. The second-order valence-corrected chi connectivity index (χ2v) is 9.24. The molecule has 0 aromatic carbocycles. The molecular formula is C14H28NO4P. The topological polar surface area (TPSA) is 49.0 Å². The van der Waals surface area contributed by atoms with E-state index in [2.05, 4.69) is 5.09 Å². The number of hydrogen-bond acceptors (Lipinski definition) is 5. The van der Waals surface area contributed by atoms with Crippen molar-refractivity contribution in [2.24, 2.45) is 0 Å². The predicted molar refractivity (Wildman–Crippen MR) is 79.1 cm³/mol. The van der Waals surface area contributed by atoms with Crippen molar-refractivity contribution in [3.63, 3.8) is 0 Å². The molecule has 6 heteroatoms. The average Bonchev–Trinajstić information content (AvgIpc) is 2.75. The van der Waals surface area contributed by atoms with E-state index >= 15 is 0 Å². The summed E-state index contributed by atoms with van der Waals surface area (Å²) in [5.41, 5.74) is 0. The van der Waals surface area contributed by atoms with E-state index in [1.165, 1.54) is 19.3 Å². The van der Waals surface area contributed by atoms with Crippen LogP contribution in [-0.4, -0.2) is 30.5 Å². The van der Waals surface area contributed by atoms with Crippen LogP contribution in [0.25, 0.3) is 0 Å². The zero-order valence-corrected chi connectivity index (χ0v) is 13.9. The molecule has 0 aromatic heterocycles. The van der Waals surface area contributed by atoms with Gasteiger partial charge in [-0.2, -0.15) is 0 Å². The zero-order chi connectivity index (χ0) is 14.4. The monoisotopic (exact) mass is 305 g/mol. The Bertz CT molecular complexity index is 323. The van der Waals surface area contributed by atoms with Crippen molar-refractivity contribution in [3.05, 3.63) is 0 Å². The van der Waals surface area contributed by atoms with Gasteiger partial charge in [0.1, 0.15) is 0 Å². The standard InChI is InChI=1S/C14H28NO4P/c1-10-11(2)17-20(16-10,18-12(3)13(4)19-20)15-14-8-6-5-7-9-14/h10-15H,5-9H2,1-4H3/t10-,11-,12-,13+/m1/s1. The van der Waals surface area contributed by atoms with Crippen molar-refractivity contribution >= 4 is 7.66 Å². The SMILES string of the molecule is C[C@@H]1OP2(NC3CCCCC3)(O[C@@H]1C)O[C@H](C)[C@@H](C)O2. The van der Waals surface area contributed by atoms with Crippen molar-refractivity contribution in [1.82, 2.24) is 5.09 Å². The van der Waals surface area contributed by atoms with Crippen molar-refractivity contribution < 1.29 is 18.1 Å². The molecule has 5 nitrogen and oxygen atoms in total. The maximum atomic E-state index is 6.21. The van der Waals surface area contributed by atoms with Crippen LogP contribution in [-0.2, 0) is 18.1 Å². The molecule has 20 heavy (non-hydrogen) atoms. The second-order valence-electron chi connectivity index (χ2n) is 6.52. The van der Waals surface area contributed by atoms with Crippen molar-refractivity contribution in [3.8, 4) is 0 Å². The Balaban J connectivity index is 1.85. The summed E-state index contributed by atoms with van der Waals surface area (Å²) in [6.45, 7) is 8.09. The van der Waals surface area contributed by atoms with Crippen molar-refractivity contribution in [2.45, 2.75) is 90.3 Å². The zero-order valence-electron chi connectivity index (χ0n) is 13.0. The second kappa shape index (κ2) is 5.15. The van der Waals surface area contributed by atoms with Crippen LogP contribution in [0.15, 0.2) is 0 Å². The molecule has 3 fully saturated rings. The van der Waals surface area contributed by atoms with Crippen molar-refractivity contribution in [2.75, 3.05) is 0 Å². The summed E-state index contributed by atoms with van der Waals surface area (Å²) in [7, 11) is -3.60. The maximum absolute atomic E-state index is 6.21. The number of hydrogen-bond donors (Lipinski definition) is 1. The van der Waals surface area contributed by atoms with Gasteiger partial charge in [-0.25, -0.2) is 0 Å². The van der Waals surface area contributed by atoms with Gasteiger partial charge in [-0.1, -0.05) is 0 Å². The molecule has 3 rings (SSSR count). The Morgan fingerprint density at radius 3 is 1.50 bits per heavy atom. The van der Waals surface area contributed by atoms with Gasteiger partial charge in [0.2, 0.25) is 0 Å². The minimum atomic E-state index is -3.60. The van der Waals surface area contributed by atoms with Crippen molar-refractivity contribution in [1.29, 1.82) is 0 Å². The summed E-state index contributed by atoms with van der Waals surface area (Å²) < 4.78 is 24.8. The van der Waals surface area contributed by atoms with Crippen LogP contribution in [0.3, 0.4) is 0 Å². The van der Waals surface area contributed by atoms with Gasteiger partial charge in [0.25, 0.3) is 0 Å². The molecule has 3 aliphatic rings. The van der Waals surface area contributed by atoms with Gasteiger partial charge in [-0.3, -0.25) is 0 Å². The summed E-state index contributed by atoms with van der Waals surface area (Å²) in [6.07, 6.45) is 6.05. The average molecular weight is 305 g/mol. The van der Waals surface area contributed by atoms with E-state index in [0.717, 1.165) is 12.8 Å². The van der Waals surface area contributed by atoms with Gasteiger partial charge >= 0.3 is 121 Å². The van der Waals surface area contributed by atoms with E-state index in [1.54, 1.807) is 0 Å². The molecule has 0 amide bonds. The summed E-state index contributed by atoms with van der Waals surface area (Å²) >= 11 is 0. The molecular weight excluding hydrogens is 277 g/mol. The first-order chi connectivity index (χ1) is 9.41. The van der Waals surface area contributed by atoms with Crippen LogP contribution in [0.2, 0.25) is 0 Å². The summed E-state index contributed by atoms with van der Waals surface area (Å²) in [5.74, 6) is 0. The van der Waals surface area contributed by atoms with Crippen LogP contribution >= 0.6 is 7.66 Å². The third-order valence-corrected chi connectivity index (χ3v) is 8.28. The molecule has 1 saturated carbocycles. The van der Waals surface area contributed by atoms with Gasteiger partial charge in [-0.15, -0.1) is 0 Å². The molecule has 1 N–H and O–H groups in total. The summed E-state index contributed by atoms with van der Waals surface area (Å²) in [4.78, 5) is 0. The van der Waals surface area contributed by atoms with Crippen LogP contribution in [0.4, 0.5) is 0 Å². The number of rotatable bonds is 2. The third-order valence-electron chi connectivity index (χ3n) is 4.71. The van der Waals surface area contributed by atoms with Crippen LogP contribution in [0, 0.1) is 0 Å². The first-order valence-electron chi connectivity index (χ1n) is 7.98. The predicted octanol–water partition coefficient (Wildman–Crippen LogP) is 3.68. The molecule has 2 heterocycles. The molecule has 1 spiro atoms. The Morgan fingerprint density at radius 1 is 0.700 bits per heavy atom. The van der Waals surface area contributed by atoms with Gasteiger partial charge in [-0.05, 0) is 0 Å². The van der Waals surface area contributed by atoms with E-state index in [1.807, 2.05) is 27.7 Å². The molecule has 2 saturated heterocycles. The molecule has 0 aromatic rings. The summed E-state index contributed by atoms with van der Waals surface area (Å²) in [6, 6.07) is 0.372. The van der Waals surface area contributed by atoms with Gasteiger partial charge < -0.3 is 0 Å². The van der Waals surface area contributed by atoms with E-state index in [4.69, 9.17) is 18.1 Å². The Labute approximate surface area is 122 Å². The van der Waals surface area contributed by atoms with Crippen LogP contribution in [0.1, 0.15) is 59.8 Å². The number of nitrogens with one attached hydrogen (secondary N) is 1. The molecule has 4 atom stereocenters. The normalized spacial score (nSPS) is 46.3. The van der Waals surface area contributed by atoms with E-state index in [0.29, 0.717) is 6.04 Å². The molecule has 0 unspecified atom stereocenters. The van der Waals surface area contributed by atoms with Gasteiger partial charge in [0.05, 0.1) is 0 Å². The van der Waals surface area contributed by atoms with Crippen LogP contribution in [0.5, 0.6) is 0 Å². The Morgan fingerprint density at radius 2 is 1.10 bits per heavy atom. The first kappa shape index (κ1) is 15.1. The quantitative estimate of drug-likeness (QED) is 0.789. The Kier molecular flexibility index (Phi) is 3.90. The van der Waals surface area contributed by atoms with Gasteiger partial charge in [0, 0.05) is 0 Å². The minimum absolute atomic E-state index is 0.0127. The van der Waals surface area contributed by atoms with Crippen LogP contribution < -0.4 is 5.09 Å². The fourth-order valence-electron chi connectivity index (χ4n) is 3.29. The Hall–Kier alpha value is 0.230. The fraction of sp³-hybridized carbons (Fsp3) is 1.00.